The molecule has 1 aromatic carbocycles. The monoisotopic (exact) mass is 375 g/mol. The zero-order valence-electron chi connectivity index (χ0n) is 14.9. The molecule has 0 aliphatic heterocycles. The molecule has 5 nitrogen and oxygen atoms in total. The summed E-state index contributed by atoms with van der Waals surface area (Å²) in [5.41, 5.74) is 2.49. The number of phosphoric ester groups is 1. The van der Waals surface area contributed by atoms with Crippen molar-refractivity contribution in [3.63, 3.8) is 0 Å². The van der Waals surface area contributed by atoms with E-state index in [1.807, 2.05) is 6.07 Å². The number of hydrogen-bond acceptors (Lipinski definition) is 3. The molecule has 0 saturated heterocycles. The van der Waals surface area contributed by atoms with Crippen LogP contribution in [0.5, 0.6) is 5.75 Å². The van der Waals surface area contributed by atoms with Crippen LogP contribution in [0.25, 0.3) is 0 Å². The van der Waals surface area contributed by atoms with Gasteiger partial charge in [-0.25, -0.2) is 4.57 Å². The summed E-state index contributed by atoms with van der Waals surface area (Å²) in [5, 5.41) is 9.73. The average Bonchev–Trinajstić information content (AvgIpc) is 2.82. The molecule has 5 atom stereocenters. The molecule has 0 spiro atoms. The van der Waals surface area contributed by atoms with Crippen molar-refractivity contribution in [2.45, 2.75) is 57.5 Å². The van der Waals surface area contributed by atoms with E-state index in [0.717, 1.165) is 38.5 Å². The molecule has 2 fully saturated rings. The van der Waals surface area contributed by atoms with E-state index >= 15 is 0 Å². The van der Waals surface area contributed by atoms with Gasteiger partial charge < -0.3 is 14.9 Å². The van der Waals surface area contributed by atoms with Gasteiger partial charge >= 0.3 is 37.4 Å². The molecule has 0 radical (unpaired) electrons. The van der Waals surface area contributed by atoms with Crippen molar-refractivity contribution >= 4 is 7.82 Å². The summed E-state index contributed by atoms with van der Waals surface area (Å²) in [6.07, 6.45) is 5.39. The van der Waals surface area contributed by atoms with Gasteiger partial charge in [0.1, 0.15) is 5.75 Å². The van der Waals surface area contributed by atoms with Crippen molar-refractivity contribution in [1.29, 1.82) is 0 Å². The number of hydrogen-bond donors (Lipinski definition) is 3. The Kier molecular flexibility index (Phi) is 5.52. The largest absolute Gasteiger partial charge is 1.00 e. The summed E-state index contributed by atoms with van der Waals surface area (Å²) in [6.45, 7) is 2.16. The van der Waals surface area contributed by atoms with Crippen LogP contribution in [-0.4, -0.2) is 21.0 Å². The van der Waals surface area contributed by atoms with Crippen LogP contribution in [0.3, 0.4) is 0 Å². The molecular weight excluding hydrogens is 350 g/mol. The van der Waals surface area contributed by atoms with Crippen LogP contribution in [0.15, 0.2) is 18.2 Å². The minimum absolute atomic E-state index is 0. The maximum atomic E-state index is 11.3. The van der Waals surface area contributed by atoms with E-state index < -0.39 is 7.82 Å². The molecule has 4 rings (SSSR count). The number of phenols is 1. The van der Waals surface area contributed by atoms with Crippen LogP contribution in [0.2, 0.25) is 0 Å². The van der Waals surface area contributed by atoms with E-state index in [1.165, 1.54) is 11.1 Å². The van der Waals surface area contributed by atoms with Crippen molar-refractivity contribution < 1.29 is 53.5 Å². The van der Waals surface area contributed by atoms with Gasteiger partial charge in [0.05, 0.1) is 6.10 Å². The smallest absolute Gasteiger partial charge is 0.508 e. The van der Waals surface area contributed by atoms with Gasteiger partial charge in [-0.05, 0) is 85.0 Å². The molecule has 3 aliphatic carbocycles. The van der Waals surface area contributed by atoms with Gasteiger partial charge in [-0.2, -0.15) is 0 Å². The number of fused-ring (bicyclic) bond motifs is 5. The van der Waals surface area contributed by atoms with Crippen LogP contribution < -0.4 is 29.6 Å². The van der Waals surface area contributed by atoms with E-state index in [2.05, 4.69) is 13.0 Å². The Morgan fingerprint density at radius 3 is 2.68 bits per heavy atom. The number of aromatic hydroxyl groups is 1. The Morgan fingerprint density at radius 1 is 1.20 bits per heavy atom. The first-order chi connectivity index (χ1) is 11.3. The van der Waals surface area contributed by atoms with Crippen molar-refractivity contribution in [3.05, 3.63) is 29.3 Å². The molecular formula is C18H25NaO5P+. The second kappa shape index (κ2) is 6.94. The fraction of sp³-hybridized carbons (Fsp3) is 0.667. The zero-order chi connectivity index (χ0) is 17.1. The molecule has 1 aromatic rings. The molecule has 0 heterocycles. The summed E-state index contributed by atoms with van der Waals surface area (Å²) < 4.78 is 16.5. The Bertz CT molecular complexity index is 705. The van der Waals surface area contributed by atoms with Gasteiger partial charge in [0.15, 0.2) is 0 Å². The minimum Gasteiger partial charge on any atom is -0.508 e. The fourth-order valence-corrected chi connectivity index (χ4v) is 6.54. The first-order valence-corrected chi connectivity index (χ1v) is 10.4. The number of aryl methyl sites for hydroxylation is 1. The Labute approximate surface area is 170 Å². The first-order valence-electron chi connectivity index (χ1n) is 8.84. The molecule has 132 valence electrons. The summed E-state index contributed by atoms with van der Waals surface area (Å²) in [7, 11) is -4.44. The molecule has 7 heteroatoms. The van der Waals surface area contributed by atoms with Gasteiger partial charge in [-0.3, -0.25) is 4.52 Å². The van der Waals surface area contributed by atoms with Crippen molar-refractivity contribution in [2.75, 3.05) is 0 Å². The summed E-state index contributed by atoms with van der Waals surface area (Å²) >= 11 is 0. The number of phenolic OH excluding ortho intramolecular Hbond substituents is 1. The van der Waals surface area contributed by atoms with E-state index in [1.54, 1.807) is 6.07 Å². The maximum Gasteiger partial charge on any atom is 1.00 e. The second-order valence-corrected chi connectivity index (χ2v) is 9.20. The Morgan fingerprint density at radius 2 is 1.96 bits per heavy atom. The number of benzene rings is 1. The van der Waals surface area contributed by atoms with Crippen molar-refractivity contribution in [2.24, 2.45) is 17.3 Å². The fourth-order valence-electron chi connectivity index (χ4n) is 5.86. The summed E-state index contributed by atoms with van der Waals surface area (Å²) in [4.78, 5) is 18.5. The number of phosphoric acid groups is 1. The summed E-state index contributed by atoms with van der Waals surface area (Å²) in [5.74, 6) is 1.84. The topological polar surface area (TPSA) is 87.0 Å². The Hall–Kier alpha value is 0.130. The van der Waals surface area contributed by atoms with Gasteiger partial charge in [0, 0.05) is 0 Å². The molecule has 3 N–H and O–H groups in total. The van der Waals surface area contributed by atoms with Crippen LogP contribution >= 0.6 is 7.82 Å². The van der Waals surface area contributed by atoms with Gasteiger partial charge in [0.2, 0.25) is 0 Å². The number of rotatable bonds is 2. The Balaban J connectivity index is 0.00000182. The third-order valence-corrected chi connectivity index (χ3v) is 7.42. The van der Waals surface area contributed by atoms with Gasteiger partial charge in [-0.15, -0.1) is 0 Å². The second-order valence-electron chi connectivity index (χ2n) is 8.01. The van der Waals surface area contributed by atoms with Crippen molar-refractivity contribution in [3.8, 4) is 5.75 Å². The normalized spacial score (nSPS) is 36.8. The first kappa shape index (κ1) is 19.9. The third-order valence-electron chi connectivity index (χ3n) is 6.89. The average molecular weight is 375 g/mol. The zero-order valence-corrected chi connectivity index (χ0v) is 17.8. The predicted molar refractivity (Wildman–Crippen MR) is 89.6 cm³/mol. The van der Waals surface area contributed by atoms with Crippen LogP contribution in [0.1, 0.15) is 56.1 Å². The molecule has 0 unspecified atom stereocenters. The van der Waals surface area contributed by atoms with Crippen LogP contribution in [0, 0.1) is 17.3 Å². The molecule has 0 amide bonds. The molecule has 2 saturated carbocycles. The molecule has 25 heavy (non-hydrogen) atoms. The minimum atomic E-state index is -4.44. The predicted octanol–water partition coefficient (Wildman–Crippen LogP) is 0.730. The van der Waals surface area contributed by atoms with Gasteiger partial charge in [0.25, 0.3) is 0 Å². The van der Waals surface area contributed by atoms with E-state index in [9.17, 15) is 19.5 Å². The van der Waals surface area contributed by atoms with Crippen molar-refractivity contribution in [1.82, 2.24) is 0 Å². The van der Waals surface area contributed by atoms with Gasteiger partial charge in [-0.1, -0.05) is 13.0 Å². The molecule has 3 aliphatic rings. The SMILES string of the molecule is C[C@]12CC[C@@H]3c4ccc(O)cc4CC[C@H]3[C@@H]1CC[C@@H]2OP(=O)(O)O.[Na+]. The third kappa shape index (κ3) is 3.50. The van der Waals surface area contributed by atoms with E-state index in [0.29, 0.717) is 23.5 Å². The molecule has 0 bridgehead atoms. The van der Waals surface area contributed by atoms with Crippen LogP contribution in [0.4, 0.5) is 0 Å². The van der Waals surface area contributed by atoms with E-state index in [-0.39, 0.29) is 41.1 Å². The maximum absolute atomic E-state index is 11.3. The molecule has 0 aromatic heterocycles. The van der Waals surface area contributed by atoms with E-state index in [4.69, 9.17) is 4.52 Å². The summed E-state index contributed by atoms with van der Waals surface area (Å²) in [6, 6.07) is 5.75. The quantitative estimate of drug-likeness (QED) is 0.524. The standard InChI is InChI=1S/C18H25O5P.Na/c1-18-9-8-14-13-5-3-12(19)10-11(13)2-4-15(14)16(18)6-7-17(18)23-24(20,21)22;/h3,5,10,14-17,19H,2,4,6-9H2,1H3,(H2,20,21,22);/q;+1/t14-,15-,16+,17+,18+;/m1./s1. The van der Waals surface area contributed by atoms with Crippen LogP contribution in [-0.2, 0) is 15.5 Å².